The zero-order valence-electron chi connectivity index (χ0n) is 11.4. The van der Waals surface area contributed by atoms with Gasteiger partial charge in [-0.1, -0.05) is 17.7 Å². The fourth-order valence-electron chi connectivity index (χ4n) is 2.43. The van der Waals surface area contributed by atoms with E-state index < -0.39 is 10.0 Å². The van der Waals surface area contributed by atoms with Gasteiger partial charge in [-0.25, -0.2) is 0 Å². The van der Waals surface area contributed by atoms with Gasteiger partial charge in [0.15, 0.2) is 5.03 Å². The van der Waals surface area contributed by atoms with Crippen molar-refractivity contribution in [1.29, 1.82) is 0 Å². The molecule has 1 aliphatic heterocycles. The van der Waals surface area contributed by atoms with Crippen LogP contribution in [0.2, 0.25) is 5.02 Å². The van der Waals surface area contributed by atoms with Gasteiger partial charge in [0.2, 0.25) is 0 Å². The molecule has 6 nitrogen and oxygen atoms in total. The molecular formula is C13H15ClN4O2S. The molecule has 0 bridgehead atoms. The maximum atomic E-state index is 12.4. The number of halogens is 1. The lowest BCUT2D eigenvalue weighted by Gasteiger charge is -2.19. The highest BCUT2D eigenvalue weighted by molar-refractivity contribution is 7.92. The molecular weight excluding hydrogens is 312 g/mol. The van der Waals surface area contributed by atoms with Crippen molar-refractivity contribution in [3.8, 4) is 0 Å². The second-order valence-electron chi connectivity index (χ2n) is 4.93. The van der Waals surface area contributed by atoms with Crippen molar-refractivity contribution < 1.29 is 8.42 Å². The minimum atomic E-state index is -3.77. The number of hydrogen-bond acceptors (Lipinski definition) is 4. The van der Waals surface area contributed by atoms with E-state index in [0.29, 0.717) is 5.69 Å². The number of benzene rings is 1. The summed E-state index contributed by atoms with van der Waals surface area (Å²) in [6, 6.07) is 5.49. The minimum absolute atomic E-state index is 0.0464. The van der Waals surface area contributed by atoms with E-state index in [0.717, 1.165) is 25.1 Å². The highest BCUT2D eigenvalue weighted by Gasteiger charge is 2.23. The normalized spacial score (nSPS) is 14.4. The van der Waals surface area contributed by atoms with Crippen LogP contribution in [0.15, 0.2) is 29.4 Å². The summed E-state index contributed by atoms with van der Waals surface area (Å²) in [6.07, 6.45) is 3.40. The Hall–Kier alpha value is -1.73. The smallest absolute Gasteiger partial charge is 0.280 e. The highest BCUT2D eigenvalue weighted by atomic mass is 35.5. The average molecular weight is 327 g/mol. The van der Waals surface area contributed by atoms with Crippen LogP contribution in [0.25, 0.3) is 0 Å². The minimum Gasteiger partial charge on any atom is -0.385 e. The molecule has 0 amide bonds. The molecule has 3 rings (SSSR count). The van der Waals surface area contributed by atoms with Gasteiger partial charge in [0, 0.05) is 19.3 Å². The molecule has 2 aromatic rings. The van der Waals surface area contributed by atoms with E-state index >= 15 is 0 Å². The molecule has 0 radical (unpaired) electrons. The Morgan fingerprint density at radius 3 is 2.95 bits per heavy atom. The Balaban J connectivity index is 1.93. The summed E-state index contributed by atoms with van der Waals surface area (Å²) in [6.45, 7) is 0.900. The van der Waals surface area contributed by atoms with Crippen LogP contribution in [0.5, 0.6) is 0 Å². The van der Waals surface area contributed by atoms with Gasteiger partial charge in [0.05, 0.1) is 16.9 Å². The number of nitrogens with one attached hydrogen (secondary N) is 2. The van der Waals surface area contributed by atoms with E-state index in [9.17, 15) is 8.42 Å². The van der Waals surface area contributed by atoms with Crippen molar-refractivity contribution in [2.45, 2.75) is 17.9 Å². The van der Waals surface area contributed by atoms with Gasteiger partial charge in [-0.2, -0.15) is 13.5 Å². The monoisotopic (exact) mass is 326 g/mol. The van der Waals surface area contributed by atoms with Gasteiger partial charge in [0.25, 0.3) is 10.0 Å². The molecule has 1 aliphatic rings. The van der Waals surface area contributed by atoms with E-state index in [2.05, 4.69) is 15.1 Å². The number of sulfonamides is 1. The number of aryl methyl sites for hydroxylation is 2. The van der Waals surface area contributed by atoms with Crippen LogP contribution >= 0.6 is 11.6 Å². The van der Waals surface area contributed by atoms with Gasteiger partial charge in [-0.05, 0) is 30.5 Å². The highest BCUT2D eigenvalue weighted by Crippen LogP contribution is 2.28. The maximum absolute atomic E-state index is 12.4. The topological polar surface area (TPSA) is 76.0 Å². The van der Waals surface area contributed by atoms with Gasteiger partial charge in [-0.15, -0.1) is 0 Å². The second-order valence-corrected chi connectivity index (χ2v) is 6.93. The predicted molar refractivity (Wildman–Crippen MR) is 82.3 cm³/mol. The van der Waals surface area contributed by atoms with Crippen molar-refractivity contribution in [2.75, 3.05) is 16.6 Å². The Labute approximate surface area is 128 Å². The fraction of sp³-hybridized carbons (Fsp3) is 0.308. The third kappa shape index (κ3) is 2.71. The summed E-state index contributed by atoms with van der Waals surface area (Å²) in [5, 5.41) is 7.17. The summed E-state index contributed by atoms with van der Waals surface area (Å²) in [4.78, 5) is 0. The van der Waals surface area contributed by atoms with Crippen molar-refractivity contribution >= 4 is 33.0 Å². The quantitative estimate of drug-likeness (QED) is 0.907. The standard InChI is InChI=1S/C13H15ClN4O2S/c1-18-13(11(14)8-16-18)21(19,20)17-10-5-4-9-3-2-6-15-12(9)7-10/h4-5,7-8,15,17H,2-3,6H2,1H3. The molecule has 21 heavy (non-hydrogen) atoms. The first kappa shape index (κ1) is 14.2. The van der Waals surface area contributed by atoms with E-state index in [1.54, 1.807) is 12.1 Å². The van der Waals surface area contributed by atoms with Crippen molar-refractivity contribution in [1.82, 2.24) is 9.78 Å². The molecule has 1 aromatic carbocycles. The zero-order chi connectivity index (χ0) is 15.0. The van der Waals surface area contributed by atoms with Gasteiger partial charge >= 0.3 is 0 Å². The summed E-state index contributed by atoms with van der Waals surface area (Å²) in [5.74, 6) is 0. The fourth-order valence-corrected chi connectivity index (χ4v) is 4.14. The number of hydrogen-bond donors (Lipinski definition) is 2. The Bertz CT molecular complexity index is 766. The molecule has 2 heterocycles. The van der Waals surface area contributed by atoms with E-state index in [1.807, 2.05) is 6.07 Å². The molecule has 8 heteroatoms. The zero-order valence-corrected chi connectivity index (χ0v) is 13.0. The molecule has 0 atom stereocenters. The molecule has 0 spiro atoms. The van der Waals surface area contributed by atoms with Crippen LogP contribution < -0.4 is 10.0 Å². The van der Waals surface area contributed by atoms with Crippen molar-refractivity contribution in [3.05, 3.63) is 35.0 Å². The Morgan fingerprint density at radius 2 is 2.24 bits per heavy atom. The third-order valence-corrected chi connectivity index (χ3v) is 5.28. The SMILES string of the molecule is Cn1ncc(Cl)c1S(=O)(=O)Nc1ccc2c(c1)NCCC2. The Morgan fingerprint density at radius 1 is 1.43 bits per heavy atom. The number of rotatable bonds is 3. The van der Waals surface area contributed by atoms with Crippen molar-refractivity contribution in [3.63, 3.8) is 0 Å². The summed E-state index contributed by atoms with van der Waals surface area (Å²) in [7, 11) is -2.23. The van der Waals surface area contributed by atoms with Gasteiger partial charge in [-0.3, -0.25) is 9.40 Å². The molecule has 0 saturated carbocycles. The lowest BCUT2D eigenvalue weighted by atomic mass is 10.0. The second kappa shape index (κ2) is 5.23. The lowest BCUT2D eigenvalue weighted by molar-refractivity contribution is 0.582. The first-order valence-corrected chi connectivity index (χ1v) is 8.40. The van der Waals surface area contributed by atoms with Crippen molar-refractivity contribution in [2.24, 2.45) is 7.05 Å². The van der Waals surface area contributed by atoms with E-state index in [-0.39, 0.29) is 10.0 Å². The van der Waals surface area contributed by atoms with Crippen LogP contribution in [0, 0.1) is 0 Å². The molecule has 0 fully saturated rings. The van der Waals surface area contributed by atoms with Crippen LogP contribution in [0.3, 0.4) is 0 Å². The largest absolute Gasteiger partial charge is 0.385 e. The summed E-state index contributed by atoms with van der Waals surface area (Å²) in [5.41, 5.74) is 2.67. The maximum Gasteiger partial charge on any atom is 0.280 e. The summed E-state index contributed by atoms with van der Waals surface area (Å²) < 4.78 is 28.6. The third-order valence-electron chi connectivity index (χ3n) is 3.40. The number of aromatic nitrogens is 2. The first-order valence-electron chi connectivity index (χ1n) is 6.54. The average Bonchev–Trinajstić information content (AvgIpc) is 2.78. The van der Waals surface area contributed by atoms with Crippen LogP contribution in [-0.2, 0) is 23.5 Å². The lowest BCUT2D eigenvalue weighted by Crippen LogP contribution is -2.18. The van der Waals surface area contributed by atoms with E-state index in [4.69, 9.17) is 11.6 Å². The molecule has 0 unspecified atom stereocenters. The van der Waals surface area contributed by atoms with E-state index in [1.165, 1.54) is 23.5 Å². The molecule has 112 valence electrons. The Kier molecular flexibility index (Phi) is 3.54. The van der Waals surface area contributed by atoms with Gasteiger partial charge in [0.1, 0.15) is 0 Å². The van der Waals surface area contributed by atoms with Crippen LogP contribution in [0.4, 0.5) is 11.4 Å². The molecule has 0 aliphatic carbocycles. The molecule has 1 aromatic heterocycles. The van der Waals surface area contributed by atoms with Gasteiger partial charge < -0.3 is 5.32 Å². The molecule has 0 saturated heterocycles. The predicted octanol–water partition coefficient (Wildman–Crippen LogP) is 2.23. The molecule has 2 N–H and O–H groups in total. The summed E-state index contributed by atoms with van der Waals surface area (Å²) >= 11 is 5.90. The number of nitrogens with zero attached hydrogens (tertiary/aromatic N) is 2. The van der Waals surface area contributed by atoms with Crippen LogP contribution in [0.1, 0.15) is 12.0 Å². The number of fused-ring (bicyclic) bond motifs is 1. The number of anilines is 2. The first-order chi connectivity index (χ1) is 9.97. The van der Waals surface area contributed by atoms with Crippen LogP contribution in [-0.4, -0.2) is 24.7 Å².